The van der Waals surface area contributed by atoms with Gasteiger partial charge in [0.15, 0.2) is 11.5 Å². The summed E-state index contributed by atoms with van der Waals surface area (Å²) in [6, 6.07) is 12.1. The molecule has 7 heteroatoms. The van der Waals surface area contributed by atoms with Crippen molar-refractivity contribution in [2.75, 3.05) is 0 Å². The average molecular weight is 473 g/mol. The van der Waals surface area contributed by atoms with Gasteiger partial charge in [-0.3, -0.25) is 0 Å². The molecular formula is C27H27F3O4. The van der Waals surface area contributed by atoms with Crippen LogP contribution in [0.15, 0.2) is 60.7 Å². The molecule has 0 amide bonds. The van der Waals surface area contributed by atoms with E-state index in [1.807, 2.05) is 6.92 Å². The molecule has 3 aliphatic carbocycles. The Labute approximate surface area is 196 Å². The van der Waals surface area contributed by atoms with Crippen LogP contribution in [-0.4, -0.2) is 17.9 Å². The molecule has 5 atom stereocenters. The number of hydrogen-bond donors (Lipinski definition) is 0. The van der Waals surface area contributed by atoms with Gasteiger partial charge >= 0.3 is 12.3 Å². The van der Waals surface area contributed by atoms with Crippen molar-refractivity contribution in [2.45, 2.75) is 51.0 Å². The van der Waals surface area contributed by atoms with Gasteiger partial charge in [0.05, 0.1) is 5.56 Å². The van der Waals surface area contributed by atoms with Crippen LogP contribution in [0.25, 0.3) is 0 Å². The van der Waals surface area contributed by atoms with Crippen LogP contribution in [-0.2, 0) is 0 Å². The number of para-hydroxylation sites is 1. The van der Waals surface area contributed by atoms with Gasteiger partial charge < -0.3 is 14.2 Å². The highest BCUT2D eigenvalue weighted by Gasteiger charge is 2.63. The van der Waals surface area contributed by atoms with E-state index in [-0.39, 0.29) is 17.2 Å². The summed E-state index contributed by atoms with van der Waals surface area (Å²) in [6.07, 6.45) is 0.316. The molecule has 0 heterocycles. The van der Waals surface area contributed by atoms with E-state index in [9.17, 15) is 18.0 Å². The van der Waals surface area contributed by atoms with Crippen LogP contribution in [0.3, 0.4) is 0 Å². The van der Waals surface area contributed by atoms with E-state index in [4.69, 9.17) is 9.47 Å². The van der Waals surface area contributed by atoms with Crippen LogP contribution in [0.2, 0.25) is 0 Å². The molecule has 2 bridgehead atoms. The molecule has 3 fully saturated rings. The first kappa shape index (κ1) is 22.8. The third-order valence-corrected chi connectivity index (χ3v) is 7.84. The van der Waals surface area contributed by atoms with Crippen LogP contribution >= 0.6 is 0 Å². The maximum Gasteiger partial charge on any atom is 0.573 e. The molecule has 0 saturated heterocycles. The Balaban J connectivity index is 1.48. The lowest BCUT2D eigenvalue weighted by molar-refractivity contribution is -0.275. The molecule has 3 aliphatic rings. The highest BCUT2D eigenvalue weighted by atomic mass is 19.4. The topological polar surface area (TPSA) is 44.8 Å². The third kappa shape index (κ3) is 4.05. The summed E-state index contributed by atoms with van der Waals surface area (Å²) in [5.74, 6) is 0.883. The Morgan fingerprint density at radius 1 is 1.06 bits per heavy atom. The first-order valence-electron chi connectivity index (χ1n) is 11.7. The van der Waals surface area contributed by atoms with Gasteiger partial charge in [-0.15, -0.1) is 13.2 Å². The molecule has 2 aromatic rings. The van der Waals surface area contributed by atoms with Crippen molar-refractivity contribution in [3.05, 3.63) is 66.2 Å². The average Bonchev–Trinajstić information content (AvgIpc) is 3.47. The number of fused-ring (bicyclic) bond motifs is 5. The lowest BCUT2D eigenvalue weighted by atomic mass is 9.70. The highest BCUT2D eigenvalue weighted by molar-refractivity contribution is 5.91. The predicted octanol–water partition coefficient (Wildman–Crippen LogP) is 6.95. The zero-order valence-electron chi connectivity index (χ0n) is 18.9. The maximum absolute atomic E-state index is 13.2. The Bertz CT molecular complexity index is 1100. The standard InChI is InChI=1S/C27H27F3O4/c1-16(2)26(15-18-13-22(26)21-10-6-9-20(18)21)33-24-14-17(11-12-23(24)34-27(28,29)30)25(31)32-19-7-4-3-5-8-19/h3-5,7-8,11-12,14,18,20-22H,1,6,9-10,13,15H2,2H3. The first-order valence-corrected chi connectivity index (χ1v) is 11.7. The van der Waals surface area contributed by atoms with E-state index in [0.717, 1.165) is 30.9 Å². The third-order valence-electron chi connectivity index (χ3n) is 7.84. The predicted molar refractivity (Wildman–Crippen MR) is 120 cm³/mol. The van der Waals surface area contributed by atoms with Crippen molar-refractivity contribution in [1.82, 2.24) is 0 Å². The number of rotatable bonds is 6. The molecule has 5 unspecified atom stereocenters. The molecular weight excluding hydrogens is 445 g/mol. The molecule has 34 heavy (non-hydrogen) atoms. The molecule has 0 radical (unpaired) electrons. The molecule has 4 nitrogen and oxygen atoms in total. The van der Waals surface area contributed by atoms with Crippen LogP contribution in [0, 0.1) is 23.7 Å². The second-order valence-corrected chi connectivity index (χ2v) is 9.75. The summed E-state index contributed by atoms with van der Waals surface area (Å²) in [6.45, 7) is 6.05. The van der Waals surface area contributed by atoms with Gasteiger partial charge in [-0.25, -0.2) is 4.79 Å². The fourth-order valence-corrected chi connectivity index (χ4v) is 6.56. The monoisotopic (exact) mass is 472 g/mol. The van der Waals surface area contributed by atoms with E-state index >= 15 is 0 Å². The molecule has 180 valence electrons. The Kier molecular flexibility index (Phi) is 5.61. The van der Waals surface area contributed by atoms with Crippen molar-refractivity contribution >= 4 is 5.97 Å². The summed E-state index contributed by atoms with van der Waals surface area (Å²) in [5, 5.41) is 0. The minimum absolute atomic E-state index is 0.0761. The van der Waals surface area contributed by atoms with E-state index in [0.29, 0.717) is 23.5 Å². The number of carbonyl (C=O) groups is 1. The molecule has 0 N–H and O–H groups in total. The normalized spacial score (nSPS) is 29.5. The minimum atomic E-state index is -4.90. The fourth-order valence-electron chi connectivity index (χ4n) is 6.56. The minimum Gasteiger partial charge on any atom is -0.479 e. The Morgan fingerprint density at radius 3 is 2.50 bits per heavy atom. The SMILES string of the molecule is C=C(C)C1(Oc2cc(C(=O)Oc3ccccc3)ccc2OC(F)(F)F)CC2CC1C1CCCC21. The lowest BCUT2D eigenvalue weighted by Gasteiger charge is -2.43. The zero-order chi connectivity index (χ0) is 24.1. The first-order chi connectivity index (χ1) is 16.2. The number of esters is 1. The summed E-state index contributed by atoms with van der Waals surface area (Å²) in [4.78, 5) is 12.7. The highest BCUT2D eigenvalue weighted by Crippen LogP contribution is 2.65. The van der Waals surface area contributed by atoms with Crippen LogP contribution in [0.4, 0.5) is 13.2 Å². The van der Waals surface area contributed by atoms with Gasteiger partial charge in [0.25, 0.3) is 0 Å². The van der Waals surface area contributed by atoms with Crippen molar-refractivity contribution in [3.8, 4) is 17.2 Å². The summed E-state index contributed by atoms with van der Waals surface area (Å²) in [5.41, 5.74) is 0.0923. The lowest BCUT2D eigenvalue weighted by Crippen LogP contribution is -2.47. The van der Waals surface area contributed by atoms with E-state index < -0.39 is 23.7 Å². The Morgan fingerprint density at radius 2 is 1.79 bits per heavy atom. The number of hydrogen-bond acceptors (Lipinski definition) is 4. The fraction of sp³-hybridized carbons (Fsp3) is 0.444. The molecule has 0 spiro atoms. The van der Waals surface area contributed by atoms with Gasteiger partial charge in [0.2, 0.25) is 0 Å². The number of halogens is 3. The molecule has 0 aliphatic heterocycles. The van der Waals surface area contributed by atoms with Gasteiger partial charge in [-0.1, -0.05) is 31.2 Å². The van der Waals surface area contributed by atoms with Gasteiger partial charge in [-0.05, 0) is 86.3 Å². The van der Waals surface area contributed by atoms with Crippen molar-refractivity contribution in [3.63, 3.8) is 0 Å². The zero-order valence-corrected chi connectivity index (χ0v) is 18.9. The summed E-state index contributed by atoms with van der Waals surface area (Å²) >= 11 is 0. The van der Waals surface area contributed by atoms with Crippen molar-refractivity contribution in [2.24, 2.45) is 23.7 Å². The van der Waals surface area contributed by atoms with E-state index in [1.165, 1.54) is 25.0 Å². The maximum atomic E-state index is 13.2. The number of benzene rings is 2. The quantitative estimate of drug-likeness (QED) is 0.259. The van der Waals surface area contributed by atoms with Gasteiger partial charge in [-0.2, -0.15) is 0 Å². The molecule has 3 saturated carbocycles. The Hall–Kier alpha value is -2.96. The van der Waals surface area contributed by atoms with Gasteiger partial charge in [0.1, 0.15) is 11.4 Å². The second kappa shape index (κ2) is 8.36. The molecule has 2 aromatic carbocycles. The van der Waals surface area contributed by atoms with Gasteiger partial charge in [0, 0.05) is 5.92 Å². The number of ether oxygens (including phenoxy) is 3. The smallest absolute Gasteiger partial charge is 0.479 e. The van der Waals surface area contributed by atoms with E-state index in [2.05, 4.69) is 11.3 Å². The van der Waals surface area contributed by atoms with Crippen LogP contribution in [0.5, 0.6) is 17.2 Å². The number of alkyl halides is 3. The summed E-state index contributed by atoms with van der Waals surface area (Å²) < 4.78 is 55.6. The van der Waals surface area contributed by atoms with Crippen molar-refractivity contribution < 1.29 is 32.2 Å². The summed E-state index contributed by atoms with van der Waals surface area (Å²) in [7, 11) is 0. The van der Waals surface area contributed by atoms with E-state index in [1.54, 1.807) is 30.3 Å². The van der Waals surface area contributed by atoms with Crippen molar-refractivity contribution in [1.29, 1.82) is 0 Å². The molecule has 0 aromatic heterocycles. The molecule has 5 rings (SSSR count). The largest absolute Gasteiger partial charge is 0.573 e. The van der Waals surface area contributed by atoms with Crippen LogP contribution < -0.4 is 14.2 Å². The van der Waals surface area contributed by atoms with Crippen LogP contribution in [0.1, 0.15) is 49.4 Å². The second-order valence-electron chi connectivity index (χ2n) is 9.75. The number of carbonyl (C=O) groups excluding carboxylic acids is 1.